The minimum absolute atomic E-state index is 0.0271. The van der Waals surface area contributed by atoms with Crippen molar-refractivity contribution in [2.75, 3.05) is 7.11 Å². The molecule has 1 amide bonds. The summed E-state index contributed by atoms with van der Waals surface area (Å²) < 4.78 is 11.2. The normalized spacial score (nSPS) is 15.2. The van der Waals surface area contributed by atoms with E-state index in [-0.39, 0.29) is 40.7 Å². The van der Waals surface area contributed by atoms with Crippen LogP contribution in [0.1, 0.15) is 38.9 Å². The number of pyridine rings is 1. The summed E-state index contributed by atoms with van der Waals surface area (Å²) in [5, 5.41) is 10.5. The summed E-state index contributed by atoms with van der Waals surface area (Å²) in [5.41, 5.74) is 2.78. The lowest BCUT2D eigenvalue weighted by Crippen LogP contribution is -2.29. The number of carbonyl (C=O) groups is 1. The molecule has 1 atom stereocenters. The fourth-order valence-corrected chi connectivity index (χ4v) is 4.20. The Morgan fingerprint density at radius 3 is 2.75 bits per heavy atom. The summed E-state index contributed by atoms with van der Waals surface area (Å²) in [5.74, 6) is -0.112. The van der Waals surface area contributed by atoms with E-state index in [0.29, 0.717) is 16.5 Å². The SMILES string of the molecule is COc1cc(C2c3c(oc4ccc(C)cc4c3=O)C(=O)N2Cc2cccnc2)ccc1O. The highest BCUT2D eigenvalue weighted by atomic mass is 16.5. The first-order valence-corrected chi connectivity index (χ1v) is 10.1. The molecule has 7 nitrogen and oxygen atoms in total. The average Bonchev–Trinajstić information content (AvgIpc) is 3.07. The number of phenols is 1. The minimum Gasteiger partial charge on any atom is -0.504 e. The Morgan fingerprint density at radius 2 is 2.00 bits per heavy atom. The maximum atomic E-state index is 13.6. The molecule has 3 heterocycles. The second-order valence-electron chi connectivity index (χ2n) is 7.80. The Bertz CT molecular complexity index is 1410. The predicted octanol–water partition coefficient (Wildman–Crippen LogP) is 3.96. The van der Waals surface area contributed by atoms with E-state index in [1.54, 1.807) is 47.6 Å². The van der Waals surface area contributed by atoms with Gasteiger partial charge in [0.1, 0.15) is 5.58 Å². The van der Waals surface area contributed by atoms with Gasteiger partial charge in [-0.05, 0) is 48.4 Å². The molecule has 32 heavy (non-hydrogen) atoms. The first-order chi connectivity index (χ1) is 15.5. The summed E-state index contributed by atoms with van der Waals surface area (Å²) in [6, 6.07) is 13.1. The van der Waals surface area contributed by atoms with E-state index in [9.17, 15) is 14.7 Å². The molecule has 0 aliphatic carbocycles. The zero-order valence-electron chi connectivity index (χ0n) is 17.5. The van der Waals surface area contributed by atoms with Crippen LogP contribution in [0.3, 0.4) is 0 Å². The number of rotatable bonds is 4. The summed E-state index contributed by atoms with van der Waals surface area (Å²) in [6.45, 7) is 2.13. The number of benzene rings is 2. The molecule has 1 unspecified atom stereocenters. The van der Waals surface area contributed by atoms with Gasteiger partial charge in [0, 0.05) is 18.9 Å². The van der Waals surface area contributed by atoms with E-state index in [1.165, 1.54) is 13.2 Å². The van der Waals surface area contributed by atoms with E-state index in [1.807, 2.05) is 19.1 Å². The molecule has 2 aromatic heterocycles. The third-order valence-corrected chi connectivity index (χ3v) is 5.72. The van der Waals surface area contributed by atoms with Gasteiger partial charge in [0.05, 0.1) is 24.1 Å². The summed E-state index contributed by atoms with van der Waals surface area (Å²) in [6.07, 6.45) is 3.34. The average molecular weight is 428 g/mol. The third kappa shape index (κ3) is 3.10. The molecule has 7 heteroatoms. The Hall–Kier alpha value is -4.13. The van der Waals surface area contributed by atoms with Gasteiger partial charge in [0.25, 0.3) is 5.91 Å². The van der Waals surface area contributed by atoms with Crippen molar-refractivity contribution in [3.05, 3.63) is 99.2 Å². The molecule has 0 spiro atoms. The largest absolute Gasteiger partial charge is 0.504 e. The predicted molar refractivity (Wildman–Crippen MR) is 118 cm³/mol. The number of amides is 1. The van der Waals surface area contributed by atoms with Gasteiger partial charge < -0.3 is 19.2 Å². The second kappa shape index (κ2) is 7.53. The van der Waals surface area contributed by atoms with Crippen LogP contribution < -0.4 is 10.2 Å². The van der Waals surface area contributed by atoms with Crippen molar-refractivity contribution in [2.45, 2.75) is 19.5 Å². The number of aromatic hydroxyl groups is 1. The zero-order valence-corrected chi connectivity index (χ0v) is 17.5. The van der Waals surface area contributed by atoms with Gasteiger partial charge in [-0.2, -0.15) is 0 Å². The molecule has 0 fully saturated rings. The van der Waals surface area contributed by atoms with Crippen molar-refractivity contribution in [2.24, 2.45) is 0 Å². The lowest BCUT2D eigenvalue weighted by molar-refractivity contribution is 0.0714. The molecule has 0 radical (unpaired) electrons. The number of carbonyl (C=O) groups excluding carboxylic acids is 1. The van der Waals surface area contributed by atoms with Crippen molar-refractivity contribution in [1.29, 1.82) is 0 Å². The van der Waals surface area contributed by atoms with Crippen LogP contribution in [0.2, 0.25) is 0 Å². The highest BCUT2D eigenvalue weighted by Gasteiger charge is 2.43. The molecule has 0 saturated heterocycles. The van der Waals surface area contributed by atoms with Crippen LogP contribution in [0, 0.1) is 6.92 Å². The molecule has 2 aromatic carbocycles. The summed E-state index contributed by atoms with van der Waals surface area (Å²) in [4.78, 5) is 32.8. The first kappa shape index (κ1) is 19.8. The van der Waals surface area contributed by atoms with Gasteiger partial charge >= 0.3 is 0 Å². The van der Waals surface area contributed by atoms with Crippen LogP contribution in [0.25, 0.3) is 11.0 Å². The standard InChI is InChI=1S/C25H20N2O5/c1-14-5-8-19-17(10-14)23(29)21-22(16-6-7-18(28)20(11-16)31-2)27(25(30)24(21)32-19)13-15-4-3-9-26-12-15/h3-12,22,28H,13H2,1-2H3. The van der Waals surface area contributed by atoms with Crippen LogP contribution in [-0.4, -0.2) is 28.0 Å². The molecule has 4 aromatic rings. The quantitative estimate of drug-likeness (QED) is 0.529. The van der Waals surface area contributed by atoms with Gasteiger partial charge in [-0.15, -0.1) is 0 Å². The number of aromatic nitrogens is 1. The molecule has 0 bridgehead atoms. The number of ether oxygens (including phenoxy) is 1. The molecular weight excluding hydrogens is 408 g/mol. The van der Waals surface area contributed by atoms with Crippen molar-refractivity contribution in [3.63, 3.8) is 0 Å². The number of nitrogens with zero attached hydrogens (tertiary/aromatic N) is 2. The van der Waals surface area contributed by atoms with Gasteiger partial charge in [-0.3, -0.25) is 14.6 Å². The number of aryl methyl sites for hydroxylation is 1. The van der Waals surface area contributed by atoms with Crippen molar-refractivity contribution < 1.29 is 19.1 Å². The van der Waals surface area contributed by atoms with Crippen LogP contribution in [0.5, 0.6) is 11.5 Å². The maximum absolute atomic E-state index is 13.6. The minimum atomic E-state index is -0.701. The van der Waals surface area contributed by atoms with Crippen LogP contribution >= 0.6 is 0 Å². The van der Waals surface area contributed by atoms with Gasteiger partial charge in [0.2, 0.25) is 5.76 Å². The lowest BCUT2D eigenvalue weighted by atomic mass is 9.97. The van der Waals surface area contributed by atoms with Gasteiger partial charge in [-0.1, -0.05) is 23.8 Å². The third-order valence-electron chi connectivity index (χ3n) is 5.72. The Balaban J connectivity index is 1.75. The van der Waals surface area contributed by atoms with Crippen molar-refractivity contribution in [1.82, 2.24) is 9.88 Å². The van der Waals surface area contributed by atoms with Crippen LogP contribution in [-0.2, 0) is 6.54 Å². The molecule has 1 N–H and O–H groups in total. The molecule has 1 aliphatic heterocycles. The van der Waals surface area contributed by atoms with Gasteiger partial charge in [-0.25, -0.2) is 0 Å². The Kier molecular flexibility index (Phi) is 4.66. The van der Waals surface area contributed by atoms with E-state index < -0.39 is 6.04 Å². The number of fused-ring (bicyclic) bond motifs is 2. The lowest BCUT2D eigenvalue weighted by Gasteiger charge is -2.25. The molecule has 1 aliphatic rings. The molecule has 0 saturated carbocycles. The van der Waals surface area contributed by atoms with Crippen molar-refractivity contribution in [3.8, 4) is 11.5 Å². The topological polar surface area (TPSA) is 92.9 Å². The zero-order chi connectivity index (χ0) is 22.4. The number of hydrogen-bond donors (Lipinski definition) is 1. The van der Waals surface area contributed by atoms with E-state index in [0.717, 1.165) is 11.1 Å². The van der Waals surface area contributed by atoms with Gasteiger partial charge in [0.15, 0.2) is 16.9 Å². The molecular formula is C25H20N2O5. The smallest absolute Gasteiger partial charge is 0.291 e. The molecule has 160 valence electrons. The van der Waals surface area contributed by atoms with Crippen LogP contribution in [0.4, 0.5) is 0 Å². The fourth-order valence-electron chi connectivity index (χ4n) is 4.20. The second-order valence-corrected chi connectivity index (χ2v) is 7.80. The van der Waals surface area contributed by atoms with Crippen molar-refractivity contribution >= 4 is 16.9 Å². The summed E-state index contributed by atoms with van der Waals surface area (Å²) >= 11 is 0. The Labute approximate surface area is 183 Å². The number of phenolic OH excluding ortho intramolecular Hbond substituents is 1. The highest BCUT2D eigenvalue weighted by molar-refractivity contribution is 5.99. The number of hydrogen-bond acceptors (Lipinski definition) is 6. The Morgan fingerprint density at radius 1 is 1.16 bits per heavy atom. The maximum Gasteiger partial charge on any atom is 0.291 e. The van der Waals surface area contributed by atoms with E-state index in [4.69, 9.17) is 9.15 Å². The van der Waals surface area contributed by atoms with E-state index >= 15 is 0 Å². The monoisotopic (exact) mass is 428 g/mol. The number of methoxy groups -OCH3 is 1. The van der Waals surface area contributed by atoms with Crippen LogP contribution in [0.15, 0.2) is 70.1 Å². The molecule has 5 rings (SSSR count). The first-order valence-electron chi connectivity index (χ1n) is 10.1. The van der Waals surface area contributed by atoms with E-state index in [2.05, 4.69) is 4.98 Å². The fraction of sp³-hybridized carbons (Fsp3) is 0.160. The summed E-state index contributed by atoms with van der Waals surface area (Å²) in [7, 11) is 1.45. The highest BCUT2D eigenvalue weighted by Crippen LogP contribution is 2.41.